The molecule has 0 bridgehead atoms. The number of imidazole rings is 3. The summed E-state index contributed by atoms with van der Waals surface area (Å²) in [4.78, 5) is 106. The van der Waals surface area contributed by atoms with Gasteiger partial charge in [0.05, 0.1) is 20.0 Å². The van der Waals surface area contributed by atoms with Gasteiger partial charge < -0.3 is 51.9 Å². The highest BCUT2D eigenvalue weighted by Crippen LogP contribution is 2.37. The SMILES string of the molecule is C=CC(=O)N1CCN(c2nc(-c3ccc(Nc4ccccn4)cc3)c3c(N)nccn23)C1.CC#CC(=O)N1CCN(c2nc(-c3ccc(C(=O)c4ccc(C)cc4C)c(C)c3)c3c(N)nccn23)C1.CC#CC(=O)N1CCN(c2nc(-c3ccc(C(=O)c4ccc(C)cc4C)cc3)c3c(N)nccn23)C1. The molecule has 25 heteroatoms. The van der Waals surface area contributed by atoms with Crippen LogP contribution >= 0.6 is 0 Å². The lowest BCUT2D eigenvalue weighted by atomic mass is 9.93. The molecule has 10 heterocycles. The Labute approximate surface area is 606 Å². The lowest BCUT2D eigenvalue weighted by Gasteiger charge is -2.17. The van der Waals surface area contributed by atoms with Gasteiger partial charge in [0.1, 0.15) is 56.9 Å². The molecule has 3 amide bonds. The third kappa shape index (κ3) is 14.3. The number of anilines is 8. The zero-order valence-corrected chi connectivity index (χ0v) is 59.2. The molecule has 3 fully saturated rings. The van der Waals surface area contributed by atoms with Gasteiger partial charge in [-0.3, -0.25) is 37.2 Å². The molecule has 3 saturated heterocycles. The Morgan fingerprint density at radius 3 is 1.30 bits per heavy atom. The first-order valence-electron chi connectivity index (χ1n) is 34.0. The van der Waals surface area contributed by atoms with Crippen LogP contribution in [0.15, 0.2) is 177 Å². The first-order chi connectivity index (χ1) is 50.8. The van der Waals surface area contributed by atoms with Gasteiger partial charge in [-0.25, -0.2) is 34.9 Å². The molecule has 25 nitrogen and oxygen atoms in total. The monoisotopic (exact) mass is 1400 g/mol. The van der Waals surface area contributed by atoms with Crippen LogP contribution in [-0.4, -0.2) is 151 Å². The van der Waals surface area contributed by atoms with Crippen LogP contribution in [0.2, 0.25) is 0 Å². The van der Waals surface area contributed by atoms with Crippen LogP contribution in [0.5, 0.6) is 0 Å². The molecule has 0 radical (unpaired) electrons. The van der Waals surface area contributed by atoms with Crippen molar-refractivity contribution in [3.05, 3.63) is 227 Å². The molecular formula is C80H76N20O5. The second-order valence-electron chi connectivity index (χ2n) is 25.6. The molecule has 526 valence electrons. The van der Waals surface area contributed by atoms with Gasteiger partial charge in [0.25, 0.3) is 11.8 Å². The van der Waals surface area contributed by atoms with E-state index in [2.05, 4.69) is 55.5 Å². The molecule has 0 aliphatic carbocycles. The van der Waals surface area contributed by atoms with Gasteiger partial charge in [-0.15, -0.1) is 0 Å². The van der Waals surface area contributed by atoms with E-state index in [-0.39, 0.29) is 29.3 Å². The fourth-order valence-electron chi connectivity index (χ4n) is 13.3. The van der Waals surface area contributed by atoms with Crippen LogP contribution in [0.3, 0.4) is 0 Å². The van der Waals surface area contributed by atoms with Gasteiger partial charge in [0.2, 0.25) is 23.8 Å². The summed E-state index contributed by atoms with van der Waals surface area (Å²) in [5, 5.41) is 3.27. The zero-order valence-electron chi connectivity index (χ0n) is 59.2. The Balaban J connectivity index is 0.000000140. The van der Waals surface area contributed by atoms with Crippen molar-refractivity contribution < 1.29 is 24.0 Å². The number of hydrogen-bond donors (Lipinski definition) is 4. The summed E-state index contributed by atoms with van der Waals surface area (Å²) in [7, 11) is 0. The van der Waals surface area contributed by atoms with E-state index in [1.807, 2.05) is 202 Å². The Hall–Kier alpha value is -13.7. The minimum absolute atomic E-state index is 0.00452. The summed E-state index contributed by atoms with van der Waals surface area (Å²) in [6, 6.07) is 38.4. The molecular weight excluding hydrogens is 1320 g/mol. The van der Waals surface area contributed by atoms with E-state index in [0.717, 1.165) is 73.2 Å². The lowest BCUT2D eigenvalue weighted by molar-refractivity contribution is -0.125. The number of nitrogens with zero attached hydrogens (tertiary/aromatic N) is 16. The molecule has 12 aromatic rings. The number of aromatic nitrogens is 10. The van der Waals surface area contributed by atoms with Gasteiger partial charge in [0.15, 0.2) is 11.6 Å². The van der Waals surface area contributed by atoms with Crippen molar-refractivity contribution in [2.45, 2.75) is 48.5 Å². The van der Waals surface area contributed by atoms with E-state index >= 15 is 0 Å². The molecule has 0 atom stereocenters. The number of pyridine rings is 1. The number of amides is 3. The van der Waals surface area contributed by atoms with Crippen molar-refractivity contribution in [2.75, 3.05) is 96.5 Å². The Bertz CT molecular complexity index is 5550. The molecule has 3 aliphatic heterocycles. The number of hydrogen-bond acceptors (Lipinski definition) is 19. The second kappa shape index (κ2) is 29.9. The van der Waals surface area contributed by atoms with E-state index in [0.29, 0.717) is 133 Å². The summed E-state index contributed by atoms with van der Waals surface area (Å²) in [5.74, 6) is 13.9. The topological polar surface area (TPSA) is 298 Å². The molecule has 0 spiro atoms. The van der Waals surface area contributed by atoms with Gasteiger partial charge >= 0.3 is 0 Å². The average Bonchev–Trinajstić information content (AvgIpc) is 1.61. The van der Waals surface area contributed by atoms with Gasteiger partial charge in [-0.05, 0) is 113 Å². The summed E-state index contributed by atoms with van der Waals surface area (Å²) in [6.45, 7) is 21.6. The Morgan fingerprint density at radius 2 is 0.867 bits per heavy atom. The zero-order chi connectivity index (χ0) is 73.7. The largest absolute Gasteiger partial charge is 0.382 e. The first kappa shape index (κ1) is 69.8. The number of nitrogens with one attached hydrogen (secondary N) is 1. The number of benzene rings is 5. The molecule has 7 N–H and O–H groups in total. The van der Waals surface area contributed by atoms with Crippen LogP contribution in [0.1, 0.15) is 73.5 Å². The highest BCUT2D eigenvalue weighted by molar-refractivity contribution is 6.12. The first-order valence-corrected chi connectivity index (χ1v) is 34.0. The summed E-state index contributed by atoms with van der Waals surface area (Å²) in [5.41, 5.74) is 34.2. The predicted molar refractivity (Wildman–Crippen MR) is 408 cm³/mol. The third-order valence-electron chi connectivity index (χ3n) is 18.5. The normalized spacial score (nSPS) is 13.2. The predicted octanol–water partition coefficient (Wildman–Crippen LogP) is 10.1. The summed E-state index contributed by atoms with van der Waals surface area (Å²) in [6.07, 6.45) is 13.5. The average molecular weight is 1400 g/mol. The van der Waals surface area contributed by atoms with Crippen molar-refractivity contribution in [3.63, 3.8) is 0 Å². The van der Waals surface area contributed by atoms with Crippen molar-refractivity contribution in [1.82, 2.24) is 62.8 Å². The van der Waals surface area contributed by atoms with Gasteiger partial charge in [-0.1, -0.05) is 121 Å². The second-order valence-corrected chi connectivity index (χ2v) is 25.6. The lowest BCUT2D eigenvalue weighted by Crippen LogP contribution is -2.30. The highest BCUT2D eigenvalue weighted by Gasteiger charge is 2.32. The molecule has 5 aromatic carbocycles. The van der Waals surface area contributed by atoms with Crippen molar-refractivity contribution in [1.29, 1.82) is 0 Å². The van der Waals surface area contributed by atoms with Crippen LogP contribution in [0.25, 0.3) is 50.3 Å². The fraction of sp³-hybridized carbons (Fsp3) is 0.200. The van der Waals surface area contributed by atoms with E-state index in [1.54, 1.807) is 53.3 Å². The van der Waals surface area contributed by atoms with Crippen LogP contribution in [0.4, 0.5) is 46.8 Å². The van der Waals surface area contributed by atoms with E-state index < -0.39 is 0 Å². The number of carbonyl (C=O) groups is 5. The smallest absolute Gasteiger partial charge is 0.299 e. The van der Waals surface area contributed by atoms with Crippen LogP contribution < -0.4 is 37.2 Å². The third-order valence-corrected chi connectivity index (χ3v) is 18.5. The van der Waals surface area contributed by atoms with Crippen molar-refractivity contribution in [3.8, 4) is 57.5 Å². The molecule has 3 aliphatic rings. The quantitative estimate of drug-likeness (QED) is 0.0474. The van der Waals surface area contributed by atoms with E-state index in [9.17, 15) is 24.0 Å². The van der Waals surface area contributed by atoms with E-state index in [1.165, 1.54) is 6.08 Å². The maximum Gasteiger partial charge on any atom is 0.299 e. The molecule has 15 rings (SSSR count). The van der Waals surface area contributed by atoms with Crippen LogP contribution in [0, 0.1) is 58.3 Å². The number of fused-ring (bicyclic) bond motifs is 3. The molecule has 105 heavy (non-hydrogen) atoms. The molecule has 0 unspecified atom stereocenters. The highest BCUT2D eigenvalue weighted by atomic mass is 16.2. The Morgan fingerprint density at radius 1 is 0.457 bits per heavy atom. The van der Waals surface area contributed by atoms with Gasteiger partial charge in [-0.2, -0.15) is 0 Å². The minimum Gasteiger partial charge on any atom is -0.382 e. The maximum absolute atomic E-state index is 13.3. The van der Waals surface area contributed by atoms with Crippen molar-refractivity contribution >= 4 is 92.6 Å². The Kier molecular flexibility index (Phi) is 19.9. The fourth-order valence-corrected chi connectivity index (χ4v) is 13.3. The van der Waals surface area contributed by atoms with E-state index in [4.69, 9.17) is 32.2 Å². The summed E-state index contributed by atoms with van der Waals surface area (Å²) < 4.78 is 5.73. The summed E-state index contributed by atoms with van der Waals surface area (Å²) >= 11 is 0. The minimum atomic E-state index is -0.202. The number of aryl methyl sites for hydroxylation is 5. The maximum atomic E-state index is 13.3. The number of nitrogens with two attached hydrogens (primary N) is 3. The molecule has 0 saturated carbocycles. The van der Waals surface area contributed by atoms with Gasteiger partial charge in [0, 0.05) is 127 Å². The number of carbonyl (C=O) groups excluding carboxylic acids is 5. The molecule has 7 aromatic heterocycles. The standard InChI is InChI=1S/C29H28N6O2.C28H26N6O2.C23H22N8O/c1-5-6-24(36)33-13-14-34(17-33)29-32-25(26-28(30)31-11-12-35(26)29)21-8-10-23(20(4)16-21)27(37)22-9-7-18(2)15-19(22)3;1-4-5-23(35)32-14-15-33(17-32)28-31-24(25-27(29)30-12-13-34(25)28)20-7-9-21(10-8-20)26(36)22-11-6-18(2)16-19(22)3;1-2-19(32)29-13-14-30(15-29)23-28-20(21-22(24)26-11-12-31(21)23)16-6-8-17(9-7-16)27-18-5-3-4-10-25-18/h7-12,15-16H,13-14,17H2,1-4H3,(H2,30,31);6-13,16H,14-15,17H2,1-3H3,(H2,29,30);2-12H,1,13-15H2,(H2,24,26)(H,25,27). The van der Waals surface area contributed by atoms with Crippen molar-refractivity contribution in [2.24, 2.45) is 0 Å². The van der Waals surface area contributed by atoms with Crippen LogP contribution in [-0.2, 0) is 14.4 Å². The number of nitrogen functional groups attached to an aromatic ring is 3. The number of rotatable bonds is 13. The number of ketones is 2.